The van der Waals surface area contributed by atoms with Gasteiger partial charge in [0.2, 0.25) is 0 Å². The molecule has 2 heteroatoms. The average molecular weight is 268 g/mol. The third-order valence-corrected chi connectivity index (χ3v) is 5.47. The van der Waals surface area contributed by atoms with E-state index < -0.39 is 0 Å². The first-order valence-corrected chi connectivity index (χ1v) is 8.60. The molecule has 0 aliphatic carbocycles. The number of likely N-dealkylation sites (tertiary alicyclic amines) is 1. The van der Waals surface area contributed by atoms with Crippen LogP contribution >= 0.6 is 0 Å². The van der Waals surface area contributed by atoms with Crippen molar-refractivity contribution < 1.29 is 0 Å². The summed E-state index contributed by atoms with van der Waals surface area (Å²) < 4.78 is 0. The van der Waals surface area contributed by atoms with Crippen molar-refractivity contribution in [1.82, 2.24) is 10.2 Å². The van der Waals surface area contributed by atoms with Crippen LogP contribution < -0.4 is 5.32 Å². The second-order valence-electron chi connectivity index (χ2n) is 6.43. The monoisotopic (exact) mass is 268 g/mol. The zero-order chi connectivity index (χ0) is 14.3. The predicted octanol–water partition coefficient (Wildman–Crippen LogP) is 4.06. The van der Waals surface area contributed by atoms with Crippen LogP contribution in [-0.4, -0.2) is 36.1 Å². The summed E-state index contributed by atoms with van der Waals surface area (Å²) in [5.41, 5.74) is 0.342. The molecule has 0 aromatic carbocycles. The Labute approximate surface area is 121 Å². The molecule has 0 amide bonds. The maximum absolute atomic E-state index is 3.81. The fourth-order valence-corrected chi connectivity index (χ4v) is 3.68. The van der Waals surface area contributed by atoms with Gasteiger partial charge in [-0.25, -0.2) is 0 Å². The van der Waals surface area contributed by atoms with Crippen LogP contribution in [0.15, 0.2) is 0 Å². The molecule has 19 heavy (non-hydrogen) atoms. The van der Waals surface area contributed by atoms with Crippen molar-refractivity contribution in [2.75, 3.05) is 19.6 Å². The largest absolute Gasteiger partial charge is 0.312 e. The molecule has 114 valence electrons. The fraction of sp³-hybridized carbons (Fsp3) is 1.00. The molecule has 0 bridgehead atoms. The fourth-order valence-electron chi connectivity index (χ4n) is 3.68. The summed E-state index contributed by atoms with van der Waals surface area (Å²) in [6.07, 6.45) is 8.00. The van der Waals surface area contributed by atoms with Gasteiger partial charge in [0.05, 0.1) is 0 Å². The normalized spacial score (nSPS) is 21.8. The van der Waals surface area contributed by atoms with Crippen LogP contribution in [0.1, 0.15) is 73.1 Å². The van der Waals surface area contributed by atoms with Crippen LogP contribution in [0.5, 0.6) is 0 Å². The highest BCUT2D eigenvalue weighted by Crippen LogP contribution is 2.32. The molecule has 2 atom stereocenters. The van der Waals surface area contributed by atoms with Gasteiger partial charge in [-0.05, 0) is 58.2 Å². The minimum Gasteiger partial charge on any atom is -0.312 e. The molecule has 1 fully saturated rings. The van der Waals surface area contributed by atoms with Crippen LogP contribution in [-0.2, 0) is 0 Å². The minimum absolute atomic E-state index is 0.342. The summed E-state index contributed by atoms with van der Waals surface area (Å²) in [7, 11) is 0. The summed E-state index contributed by atoms with van der Waals surface area (Å²) in [6.45, 7) is 15.5. The van der Waals surface area contributed by atoms with E-state index in [1.165, 1.54) is 51.6 Å². The Balaban J connectivity index is 2.79. The van der Waals surface area contributed by atoms with Gasteiger partial charge in [0.25, 0.3) is 0 Å². The smallest absolute Gasteiger partial charge is 0.0331 e. The van der Waals surface area contributed by atoms with E-state index in [4.69, 9.17) is 0 Å². The van der Waals surface area contributed by atoms with Crippen molar-refractivity contribution in [2.24, 2.45) is 5.92 Å². The summed E-state index contributed by atoms with van der Waals surface area (Å²) in [5, 5.41) is 3.81. The number of nitrogens with zero attached hydrogens (tertiary/aromatic N) is 1. The number of likely N-dealkylation sites (N-methyl/N-ethyl adjacent to an activating group) is 1. The molecule has 1 aliphatic heterocycles. The van der Waals surface area contributed by atoms with Gasteiger partial charge in [-0.3, -0.25) is 4.90 Å². The van der Waals surface area contributed by atoms with Crippen LogP contribution in [0.4, 0.5) is 0 Å². The summed E-state index contributed by atoms with van der Waals surface area (Å²) >= 11 is 0. The molecule has 1 N–H and O–H groups in total. The number of hydrogen-bond acceptors (Lipinski definition) is 2. The SMILES string of the molecule is CCNC(CC(CC)CC)C(C)(CC)N1CCCC1. The van der Waals surface area contributed by atoms with E-state index in [1.54, 1.807) is 0 Å². The van der Waals surface area contributed by atoms with E-state index in [1.807, 2.05) is 0 Å². The van der Waals surface area contributed by atoms with Crippen LogP contribution in [0.3, 0.4) is 0 Å². The van der Waals surface area contributed by atoms with E-state index in [0.29, 0.717) is 11.6 Å². The maximum atomic E-state index is 3.81. The minimum atomic E-state index is 0.342. The summed E-state index contributed by atoms with van der Waals surface area (Å²) in [4.78, 5) is 2.75. The third-order valence-electron chi connectivity index (χ3n) is 5.47. The Bertz CT molecular complexity index is 231. The van der Waals surface area contributed by atoms with Crippen LogP contribution in [0.2, 0.25) is 0 Å². The number of rotatable bonds is 9. The highest BCUT2D eigenvalue weighted by atomic mass is 15.2. The molecule has 0 radical (unpaired) electrons. The van der Waals surface area contributed by atoms with Gasteiger partial charge in [0.1, 0.15) is 0 Å². The molecule has 2 nitrogen and oxygen atoms in total. The second kappa shape index (κ2) is 8.26. The lowest BCUT2D eigenvalue weighted by Crippen LogP contribution is -2.59. The number of nitrogens with one attached hydrogen (secondary N) is 1. The lowest BCUT2D eigenvalue weighted by Gasteiger charge is -2.46. The third kappa shape index (κ3) is 4.19. The molecule has 1 aliphatic rings. The Morgan fingerprint density at radius 2 is 1.63 bits per heavy atom. The van der Waals surface area contributed by atoms with Crippen molar-refractivity contribution in [3.05, 3.63) is 0 Å². The molecule has 2 unspecified atom stereocenters. The first-order valence-electron chi connectivity index (χ1n) is 8.60. The maximum Gasteiger partial charge on any atom is 0.0331 e. The Morgan fingerprint density at radius 3 is 2.05 bits per heavy atom. The average Bonchev–Trinajstić information content (AvgIpc) is 2.97. The molecular formula is C17H36N2. The van der Waals surface area contributed by atoms with Crippen molar-refractivity contribution >= 4 is 0 Å². The summed E-state index contributed by atoms with van der Waals surface area (Å²) in [6, 6.07) is 0.644. The predicted molar refractivity (Wildman–Crippen MR) is 85.7 cm³/mol. The molecule has 1 heterocycles. The van der Waals surface area contributed by atoms with Gasteiger partial charge < -0.3 is 5.32 Å². The van der Waals surface area contributed by atoms with Gasteiger partial charge in [-0.1, -0.05) is 40.5 Å². The van der Waals surface area contributed by atoms with Gasteiger partial charge in [-0.2, -0.15) is 0 Å². The highest BCUT2D eigenvalue weighted by molar-refractivity contribution is 4.98. The van der Waals surface area contributed by atoms with Gasteiger partial charge in [0, 0.05) is 11.6 Å². The second-order valence-corrected chi connectivity index (χ2v) is 6.43. The molecule has 1 saturated heterocycles. The van der Waals surface area contributed by atoms with E-state index in [0.717, 1.165) is 12.5 Å². The molecular weight excluding hydrogens is 232 g/mol. The Kier molecular flexibility index (Phi) is 7.38. The Morgan fingerprint density at radius 1 is 1.05 bits per heavy atom. The van der Waals surface area contributed by atoms with E-state index >= 15 is 0 Å². The summed E-state index contributed by atoms with van der Waals surface area (Å²) in [5.74, 6) is 0.873. The lowest BCUT2D eigenvalue weighted by atomic mass is 9.80. The standard InChI is InChI=1S/C17H36N2/c1-6-15(7-2)14-16(18-9-4)17(5,8-3)19-12-10-11-13-19/h15-16,18H,6-14H2,1-5H3. The van der Waals surface area contributed by atoms with E-state index in [2.05, 4.69) is 44.8 Å². The van der Waals surface area contributed by atoms with Crippen molar-refractivity contribution in [2.45, 2.75) is 84.7 Å². The molecule has 0 aromatic heterocycles. The zero-order valence-electron chi connectivity index (χ0n) is 14.0. The van der Waals surface area contributed by atoms with Crippen LogP contribution in [0.25, 0.3) is 0 Å². The molecule has 0 aromatic rings. The van der Waals surface area contributed by atoms with Gasteiger partial charge in [0.15, 0.2) is 0 Å². The van der Waals surface area contributed by atoms with Gasteiger partial charge in [-0.15, -0.1) is 0 Å². The first-order chi connectivity index (χ1) is 9.12. The molecule has 1 rings (SSSR count). The molecule has 0 spiro atoms. The first kappa shape index (κ1) is 17.0. The van der Waals surface area contributed by atoms with E-state index in [-0.39, 0.29) is 0 Å². The Hall–Kier alpha value is -0.0800. The highest BCUT2D eigenvalue weighted by Gasteiger charge is 2.39. The quantitative estimate of drug-likeness (QED) is 0.678. The zero-order valence-corrected chi connectivity index (χ0v) is 14.0. The van der Waals surface area contributed by atoms with E-state index in [9.17, 15) is 0 Å². The lowest BCUT2D eigenvalue weighted by molar-refractivity contribution is 0.0725. The van der Waals surface area contributed by atoms with Crippen molar-refractivity contribution in [1.29, 1.82) is 0 Å². The van der Waals surface area contributed by atoms with Gasteiger partial charge >= 0.3 is 0 Å². The topological polar surface area (TPSA) is 15.3 Å². The van der Waals surface area contributed by atoms with Crippen molar-refractivity contribution in [3.8, 4) is 0 Å². The van der Waals surface area contributed by atoms with Crippen LogP contribution in [0, 0.1) is 5.92 Å². The molecule has 0 saturated carbocycles. The number of hydrogen-bond donors (Lipinski definition) is 1. The van der Waals surface area contributed by atoms with Crippen molar-refractivity contribution in [3.63, 3.8) is 0 Å².